The highest BCUT2D eigenvalue weighted by atomic mass is 16.2. The van der Waals surface area contributed by atoms with Crippen LogP contribution in [0.5, 0.6) is 0 Å². The van der Waals surface area contributed by atoms with Crippen LogP contribution in [0.4, 0.5) is 5.69 Å². The zero-order chi connectivity index (χ0) is 14.5. The SMILES string of the molecule is O=C1NCCCCC1Nc1ccccc1-c1ccccc1. The van der Waals surface area contributed by atoms with Crippen molar-refractivity contribution in [2.75, 3.05) is 11.9 Å². The van der Waals surface area contributed by atoms with Crippen LogP contribution in [0.25, 0.3) is 11.1 Å². The van der Waals surface area contributed by atoms with Crippen molar-refractivity contribution >= 4 is 11.6 Å². The van der Waals surface area contributed by atoms with E-state index in [2.05, 4.69) is 28.8 Å². The van der Waals surface area contributed by atoms with Gasteiger partial charge in [-0.15, -0.1) is 0 Å². The molecule has 3 nitrogen and oxygen atoms in total. The molecule has 1 fully saturated rings. The summed E-state index contributed by atoms with van der Waals surface area (Å²) in [6.45, 7) is 0.789. The number of rotatable bonds is 3. The first-order valence-electron chi connectivity index (χ1n) is 7.53. The van der Waals surface area contributed by atoms with Crippen LogP contribution in [-0.4, -0.2) is 18.5 Å². The van der Waals surface area contributed by atoms with E-state index in [0.717, 1.165) is 42.6 Å². The van der Waals surface area contributed by atoms with Crippen LogP contribution in [-0.2, 0) is 4.79 Å². The molecule has 1 aliphatic heterocycles. The maximum absolute atomic E-state index is 12.1. The molecule has 0 aliphatic carbocycles. The summed E-state index contributed by atoms with van der Waals surface area (Å²) in [7, 11) is 0. The molecule has 1 heterocycles. The predicted octanol–water partition coefficient (Wildman–Crippen LogP) is 3.43. The average Bonchev–Trinajstić information content (AvgIpc) is 2.74. The monoisotopic (exact) mass is 280 g/mol. The van der Waals surface area contributed by atoms with E-state index in [-0.39, 0.29) is 11.9 Å². The Kier molecular flexibility index (Phi) is 4.20. The van der Waals surface area contributed by atoms with E-state index in [1.807, 2.05) is 36.4 Å². The summed E-state index contributed by atoms with van der Waals surface area (Å²) in [5.74, 6) is 0.107. The van der Waals surface area contributed by atoms with Crippen molar-refractivity contribution in [3.05, 3.63) is 54.6 Å². The summed E-state index contributed by atoms with van der Waals surface area (Å²) in [6, 6.07) is 18.3. The number of para-hydroxylation sites is 1. The van der Waals surface area contributed by atoms with Gasteiger partial charge < -0.3 is 10.6 Å². The van der Waals surface area contributed by atoms with E-state index in [0.29, 0.717) is 0 Å². The predicted molar refractivity (Wildman–Crippen MR) is 86.1 cm³/mol. The van der Waals surface area contributed by atoms with Crippen molar-refractivity contribution in [2.24, 2.45) is 0 Å². The van der Waals surface area contributed by atoms with E-state index < -0.39 is 0 Å². The Morgan fingerprint density at radius 3 is 2.57 bits per heavy atom. The molecule has 3 rings (SSSR count). The number of hydrogen-bond acceptors (Lipinski definition) is 2. The number of carbonyl (C=O) groups is 1. The Bertz CT molecular complexity index is 610. The van der Waals surface area contributed by atoms with Crippen molar-refractivity contribution < 1.29 is 4.79 Å². The third-order valence-electron chi connectivity index (χ3n) is 3.88. The molecule has 0 radical (unpaired) electrons. The third-order valence-corrected chi connectivity index (χ3v) is 3.88. The minimum Gasteiger partial charge on any atom is -0.373 e. The summed E-state index contributed by atoms with van der Waals surface area (Å²) in [6.07, 6.45) is 3.02. The van der Waals surface area contributed by atoms with E-state index in [1.165, 1.54) is 0 Å². The second kappa shape index (κ2) is 6.44. The molecule has 1 saturated heterocycles. The minimum atomic E-state index is -0.141. The molecule has 0 saturated carbocycles. The van der Waals surface area contributed by atoms with E-state index in [4.69, 9.17) is 0 Å². The first-order valence-corrected chi connectivity index (χ1v) is 7.53. The van der Waals surface area contributed by atoms with Gasteiger partial charge in [0.05, 0.1) is 0 Å². The van der Waals surface area contributed by atoms with Crippen LogP contribution >= 0.6 is 0 Å². The van der Waals surface area contributed by atoms with Crippen molar-refractivity contribution in [2.45, 2.75) is 25.3 Å². The Morgan fingerprint density at radius 2 is 1.71 bits per heavy atom. The van der Waals surface area contributed by atoms with Crippen molar-refractivity contribution in [3.63, 3.8) is 0 Å². The maximum Gasteiger partial charge on any atom is 0.242 e. The topological polar surface area (TPSA) is 41.1 Å². The highest BCUT2D eigenvalue weighted by Gasteiger charge is 2.21. The van der Waals surface area contributed by atoms with Crippen molar-refractivity contribution in [1.29, 1.82) is 0 Å². The standard InChI is InChI=1S/C18H20N2O/c21-18-17(12-6-7-13-19-18)20-16-11-5-4-10-15(16)14-8-2-1-3-9-14/h1-5,8-11,17,20H,6-7,12-13H2,(H,19,21). The van der Waals surface area contributed by atoms with Gasteiger partial charge in [0.15, 0.2) is 0 Å². The fourth-order valence-electron chi connectivity index (χ4n) is 2.74. The molecule has 1 aliphatic rings. The molecule has 0 bridgehead atoms. The van der Waals surface area contributed by atoms with Crippen molar-refractivity contribution in [1.82, 2.24) is 5.32 Å². The molecule has 1 unspecified atom stereocenters. The fraction of sp³-hybridized carbons (Fsp3) is 0.278. The summed E-state index contributed by atoms with van der Waals surface area (Å²) in [5.41, 5.74) is 3.32. The second-order valence-electron chi connectivity index (χ2n) is 5.40. The Morgan fingerprint density at radius 1 is 0.952 bits per heavy atom. The number of carbonyl (C=O) groups excluding carboxylic acids is 1. The quantitative estimate of drug-likeness (QED) is 0.904. The summed E-state index contributed by atoms with van der Waals surface area (Å²) >= 11 is 0. The van der Waals surface area contributed by atoms with Gasteiger partial charge in [0.25, 0.3) is 0 Å². The van der Waals surface area contributed by atoms with Crippen LogP contribution in [0.2, 0.25) is 0 Å². The molecule has 1 amide bonds. The molecule has 2 aromatic rings. The van der Waals surface area contributed by atoms with Gasteiger partial charge in [-0.05, 0) is 30.9 Å². The van der Waals surface area contributed by atoms with Gasteiger partial charge in [-0.2, -0.15) is 0 Å². The summed E-state index contributed by atoms with van der Waals surface area (Å²) in [5, 5.41) is 6.40. The molecular weight excluding hydrogens is 260 g/mol. The van der Waals surface area contributed by atoms with E-state index in [1.54, 1.807) is 0 Å². The number of nitrogens with one attached hydrogen (secondary N) is 2. The summed E-state index contributed by atoms with van der Waals surface area (Å²) in [4.78, 5) is 12.1. The molecule has 108 valence electrons. The van der Waals surface area contributed by atoms with Gasteiger partial charge in [-0.3, -0.25) is 4.79 Å². The molecule has 0 aromatic heterocycles. The first kappa shape index (κ1) is 13.7. The molecule has 3 heteroatoms. The lowest BCUT2D eigenvalue weighted by molar-refractivity contribution is -0.121. The van der Waals surface area contributed by atoms with E-state index in [9.17, 15) is 4.79 Å². The summed E-state index contributed by atoms with van der Waals surface area (Å²) < 4.78 is 0. The lowest BCUT2D eigenvalue weighted by Crippen LogP contribution is -2.37. The Balaban J connectivity index is 1.87. The first-order chi connectivity index (χ1) is 10.3. The highest BCUT2D eigenvalue weighted by molar-refractivity contribution is 5.87. The Labute approximate surface area is 125 Å². The number of anilines is 1. The normalized spacial score (nSPS) is 18.7. The number of hydrogen-bond donors (Lipinski definition) is 2. The zero-order valence-corrected chi connectivity index (χ0v) is 12.0. The van der Waals surface area contributed by atoms with Crippen molar-refractivity contribution in [3.8, 4) is 11.1 Å². The van der Waals surface area contributed by atoms with Crippen LogP contribution in [0.15, 0.2) is 54.6 Å². The van der Waals surface area contributed by atoms with Gasteiger partial charge in [-0.1, -0.05) is 48.5 Å². The Hall–Kier alpha value is -2.29. The molecular formula is C18H20N2O. The number of amides is 1. The lowest BCUT2D eigenvalue weighted by atomic mass is 10.0. The van der Waals surface area contributed by atoms with Crippen LogP contribution < -0.4 is 10.6 Å². The molecule has 2 aromatic carbocycles. The fourth-order valence-corrected chi connectivity index (χ4v) is 2.74. The molecule has 21 heavy (non-hydrogen) atoms. The van der Waals surface area contributed by atoms with Crippen LogP contribution in [0.3, 0.4) is 0 Å². The minimum absolute atomic E-state index is 0.107. The van der Waals surface area contributed by atoms with E-state index >= 15 is 0 Å². The number of benzene rings is 2. The lowest BCUT2D eigenvalue weighted by Gasteiger charge is -2.19. The molecule has 2 N–H and O–H groups in total. The second-order valence-corrected chi connectivity index (χ2v) is 5.40. The van der Waals surface area contributed by atoms with Gasteiger partial charge in [0, 0.05) is 17.8 Å². The third kappa shape index (κ3) is 3.24. The maximum atomic E-state index is 12.1. The van der Waals surface area contributed by atoms with Crippen LogP contribution in [0, 0.1) is 0 Å². The largest absolute Gasteiger partial charge is 0.373 e. The average molecular weight is 280 g/mol. The molecule has 1 atom stereocenters. The highest BCUT2D eigenvalue weighted by Crippen LogP contribution is 2.28. The van der Waals surface area contributed by atoms with Crippen LogP contribution in [0.1, 0.15) is 19.3 Å². The smallest absolute Gasteiger partial charge is 0.242 e. The zero-order valence-electron chi connectivity index (χ0n) is 12.0. The van der Waals surface area contributed by atoms with Gasteiger partial charge in [-0.25, -0.2) is 0 Å². The molecule has 0 spiro atoms. The van der Waals surface area contributed by atoms with Gasteiger partial charge in [0.1, 0.15) is 6.04 Å². The van der Waals surface area contributed by atoms with Gasteiger partial charge in [0.2, 0.25) is 5.91 Å². The van der Waals surface area contributed by atoms with Gasteiger partial charge >= 0.3 is 0 Å².